The molecule has 4 amide bonds. The van der Waals surface area contributed by atoms with Gasteiger partial charge in [0.15, 0.2) is 19.7 Å². The lowest BCUT2D eigenvalue weighted by molar-refractivity contribution is 0.248. The second-order valence-electron chi connectivity index (χ2n) is 6.94. The van der Waals surface area contributed by atoms with Gasteiger partial charge < -0.3 is 21.3 Å². The van der Waals surface area contributed by atoms with Crippen LogP contribution >= 0.6 is 0 Å². The number of urea groups is 2. The minimum Gasteiger partial charge on any atom is -0.334 e. The van der Waals surface area contributed by atoms with Crippen LogP contribution in [0.25, 0.3) is 0 Å². The molecule has 2 atom stereocenters. The topological polar surface area (TPSA) is 151 Å². The van der Waals surface area contributed by atoms with Crippen LogP contribution in [0.4, 0.5) is 21.0 Å². The number of nitrogens with one attached hydrogen (secondary N) is 4. The maximum absolute atomic E-state index is 12.2. The van der Waals surface area contributed by atoms with E-state index in [1.54, 1.807) is 24.3 Å². The number of para-hydroxylation sites is 2. The number of amides is 4. The zero-order valence-corrected chi connectivity index (χ0v) is 16.6. The van der Waals surface area contributed by atoms with Gasteiger partial charge in [-0.2, -0.15) is 0 Å². The Hall–Kier alpha value is -2.34. The van der Waals surface area contributed by atoms with E-state index in [4.69, 9.17) is 0 Å². The zero-order chi connectivity index (χ0) is 20.4. The van der Waals surface area contributed by atoms with E-state index in [1.807, 2.05) is 0 Å². The van der Waals surface area contributed by atoms with Gasteiger partial charge in [0.25, 0.3) is 0 Å². The summed E-state index contributed by atoms with van der Waals surface area (Å²) in [7, 11) is -6.22. The monoisotopic (exact) mass is 430 g/mol. The lowest BCUT2D eigenvalue weighted by Crippen LogP contribution is -2.40. The first-order valence-corrected chi connectivity index (χ1v) is 12.4. The fourth-order valence-electron chi connectivity index (χ4n) is 3.21. The number of hydrogen-bond donors (Lipinski definition) is 4. The molecule has 3 rings (SSSR count). The highest BCUT2D eigenvalue weighted by atomic mass is 32.2. The second-order valence-corrected chi connectivity index (χ2v) is 11.4. The Kier molecular flexibility index (Phi) is 5.79. The number of sulfone groups is 2. The van der Waals surface area contributed by atoms with Gasteiger partial charge in [-0.3, -0.25) is 0 Å². The Balaban J connectivity index is 1.56. The van der Waals surface area contributed by atoms with Gasteiger partial charge >= 0.3 is 12.1 Å². The molecule has 0 unspecified atom stereocenters. The third kappa shape index (κ3) is 5.58. The molecule has 0 aromatic heterocycles. The summed E-state index contributed by atoms with van der Waals surface area (Å²) < 4.78 is 45.9. The van der Waals surface area contributed by atoms with Crippen molar-refractivity contribution in [2.45, 2.75) is 24.9 Å². The Morgan fingerprint density at radius 2 is 1.14 bits per heavy atom. The molecule has 28 heavy (non-hydrogen) atoms. The molecule has 0 aliphatic carbocycles. The van der Waals surface area contributed by atoms with Gasteiger partial charge in [-0.25, -0.2) is 26.4 Å². The summed E-state index contributed by atoms with van der Waals surface area (Å²) in [5.41, 5.74) is 0.657. The standard InChI is InChI=1S/C16H22N4O6S2/c21-15(17-11-5-7-27(23,24)9-11)19-13-3-1-2-4-14(13)20-16(22)18-12-6-8-28(25,26)10-12/h1-4,11-12H,5-10H2,(H2,17,19,21)(H2,18,20,22)/t11-,12-/m1/s1. The summed E-state index contributed by atoms with van der Waals surface area (Å²) in [6.07, 6.45) is 0.727. The smallest absolute Gasteiger partial charge is 0.319 e. The summed E-state index contributed by atoms with van der Waals surface area (Å²) in [6.45, 7) is 0. The fraction of sp³-hybridized carbons (Fsp3) is 0.500. The molecule has 10 nitrogen and oxygen atoms in total. The highest BCUT2D eigenvalue weighted by Crippen LogP contribution is 2.21. The van der Waals surface area contributed by atoms with E-state index in [1.165, 1.54) is 0 Å². The molecule has 0 bridgehead atoms. The second kappa shape index (κ2) is 7.95. The first-order valence-electron chi connectivity index (χ1n) is 8.77. The molecule has 2 aliphatic rings. The molecule has 2 heterocycles. The molecule has 0 spiro atoms. The molecule has 2 fully saturated rings. The number of carbonyl (C=O) groups is 2. The minimum absolute atomic E-state index is 0.0488. The normalized spacial score (nSPS) is 25.0. The largest absolute Gasteiger partial charge is 0.334 e. The number of anilines is 2. The van der Waals surface area contributed by atoms with Crippen molar-refractivity contribution >= 4 is 43.1 Å². The predicted molar refractivity (Wildman–Crippen MR) is 105 cm³/mol. The molecule has 154 valence electrons. The third-order valence-electron chi connectivity index (χ3n) is 4.56. The van der Waals surface area contributed by atoms with Crippen LogP contribution in [-0.2, 0) is 19.7 Å². The summed E-state index contributed by atoms with van der Waals surface area (Å²) >= 11 is 0. The van der Waals surface area contributed by atoms with Gasteiger partial charge in [-0.05, 0) is 25.0 Å². The molecule has 2 aliphatic heterocycles. The van der Waals surface area contributed by atoms with Crippen molar-refractivity contribution in [1.29, 1.82) is 0 Å². The minimum atomic E-state index is -3.11. The van der Waals surface area contributed by atoms with Crippen LogP contribution in [0, 0.1) is 0 Å². The maximum Gasteiger partial charge on any atom is 0.319 e. The van der Waals surface area contributed by atoms with Crippen molar-refractivity contribution in [3.63, 3.8) is 0 Å². The van der Waals surface area contributed by atoms with Crippen molar-refractivity contribution in [1.82, 2.24) is 10.6 Å². The van der Waals surface area contributed by atoms with Crippen LogP contribution in [-0.4, -0.2) is 64.0 Å². The summed E-state index contributed by atoms with van der Waals surface area (Å²) in [4.78, 5) is 24.3. The molecular weight excluding hydrogens is 408 g/mol. The van der Waals surface area contributed by atoms with Crippen LogP contribution in [0.15, 0.2) is 24.3 Å². The van der Waals surface area contributed by atoms with Crippen molar-refractivity contribution in [2.24, 2.45) is 0 Å². The molecule has 0 saturated carbocycles. The molecular formula is C16H22N4O6S2. The number of rotatable bonds is 4. The molecule has 2 saturated heterocycles. The predicted octanol–water partition coefficient (Wildman–Crippen LogP) is 0.304. The van der Waals surface area contributed by atoms with Gasteiger partial charge in [0.2, 0.25) is 0 Å². The van der Waals surface area contributed by atoms with E-state index < -0.39 is 43.8 Å². The van der Waals surface area contributed by atoms with E-state index in [0.29, 0.717) is 24.2 Å². The van der Waals surface area contributed by atoms with Gasteiger partial charge in [0, 0.05) is 12.1 Å². The molecule has 1 aromatic rings. The summed E-state index contributed by atoms with van der Waals surface area (Å²) in [6, 6.07) is 4.47. The van der Waals surface area contributed by atoms with Crippen LogP contribution in [0.2, 0.25) is 0 Å². The highest BCUT2D eigenvalue weighted by Gasteiger charge is 2.30. The van der Waals surface area contributed by atoms with E-state index in [0.717, 1.165) is 0 Å². The summed E-state index contributed by atoms with van der Waals surface area (Å²) in [5.74, 6) is -0.0830. The van der Waals surface area contributed by atoms with Crippen molar-refractivity contribution < 1.29 is 26.4 Å². The Labute approximate surface area is 163 Å². The average molecular weight is 431 g/mol. The van der Waals surface area contributed by atoms with Gasteiger partial charge in [0.1, 0.15) is 0 Å². The van der Waals surface area contributed by atoms with Gasteiger partial charge in [-0.1, -0.05) is 12.1 Å². The van der Waals surface area contributed by atoms with Gasteiger partial charge in [-0.15, -0.1) is 0 Å². The van der Waals surface area contributed by atoms with Crippen LogP contribution in [0.1, 0.15) is 12.8 Å². The Morgan fingerprint density at radius 1 is 0.750 bits per heavy atom. The van der Waals surface area contributed by atoms with Crippen molar-refractivity contribution in [2.75, 3.05) is 33.6 Å². The molecule has 0 radical (unpaired) electrons. The van der Waals surface area contributed by atoms with E-state index >= 15 is 0 Å². The van der Waals surface area contributed by atoms with Gasteiger partial charge in [0.05, 0.1) is 34.4 Å². The molecule has 4 N–H and O–H groups in total. The lowest BCUT2D eigenvalue weighted by atomic mass is 10.2. The number of benzene rings is 1. The summed E-state index contributed by atoms with van der Waals surface area (Å²) in [5, 5.41) is 10.4. The Bertz CT molecular complexity index is 898. The zero-order valence-electron chi connectivity index (χ0n) is 15.0. The molecule has 12 heteroatoms. The van der Waals surface area contributed by atoms with Crippen LogP contribution in [0.5, 0.6) is 0 Å². The first-order chi connectivity index (χ1) is 13.1. The number of hydrogen-bond acceptors (Lipinski definition) is 6. The van der Waals surface area contributed by atoms with Crippen LogP contribution < -0.4 is 21.3 Å². The number of carbonyl (C=O) groups excluding carboxylic acids is 2. The van der Waals surface area contributed by atoms with Crippen molar-refractivity contribution in [3.05, 3.63) is 24.3 Å². The first kappa shape index (κ1) is 20.4. The SMILES string of the molecule is O=C(Nc1ccccc1NC(=O)N[C@@H]1CCS(=O)(=O)C1)N[C@@H]1CCS(=O)(=O)C1. The van der Waals surface area contributed by atoms with Crippen molar-refractivity contribution in [3.8, 4) is 0 Å². The molecule has 1 aromatic carbocycles. The van der Waals surface area contributed by atoms with E-state index in [-0.39, 0.29) is 23.0 Å². The maximum atomic E-state index is 12.2. The average Bonchev–Trinajstić information content (AvgIpc) is 3.10. The van der Waals surface area contributed by atoms with Crippen LogP contribution in [0.3, 0.4) is 0 Å². The van der Waals surface area contributed by atoms with E-state index in [9.17, 15) is 26.4 Å². The third-order valence-corrected chi connectivity index (χ3v) is 8.09. The quantitative estimate of drug-likeness (QED) is 0.540. The van der Waals surface area contributed by atoms with E-state index in [2.05, 4.69) is 21.3 Å². The highest BCUT2D eigenvalue weighted by molar-refractivity contribution is 7.91. The Morgan fingerprint density at radius 3 is 1.46 bits per heavy atom. The lowest BCUT2D eigenvalue weighted by Gasteiger charge is -2.16. The fourth-order valence-corrected chi connectivity index (χ4v) is 6.55.